The van der Waals surface area contributed by atoms with Crippen molar-refractivity contribution in [2.45, 2.75) is 5.50 Å². The molecule has 1 heterocycles. The first kappa shape index (κ1) is 5.85. The molecule has 0 amide bonds. The quantitative estimate of drug-likeness (QED) is 0.415. The van der Waals surface area contributed by atoms with Gasteiger partial charge in [0.1, 0.15) is 5.16 Å². The number of hydrogen-bond donors (Lipinski definition) is 1. The molecule has 8 heavy (non-hydrogen) atoms. The minimum absolute atomic E-state index is 0.413. The van der Waals surface area contributed by atoms with Crippen LogP contribution in [0, 0.1) is 0 Å². The minimum atomic E-state index is -0.413. The van der Waals surface area contributed by atoms with Crippen LogP contribution in [0.1, 0.15) is 0 Å². The van der Waals surface area contributed by atoms with Gasteiger partial charge in [0, 0.05) is 0 Å². The summed E-state index contributed by atoms with van der Waals surface area (Å²) in [6.07, 6.45) is 1.55. The van der Waals surface area contributed by atoms with E-state index in [1.54, 1.807) is 6.08 Å². The lowest BCUT2D eigenvalue weighted by molar-refractivity contribution is 0.759. The Balaban J connectivity index is 2.60. The van der Waals surface area contributed by atoms with E-state index in [4.69, 9.17) is 23.2 Å². The van der Waals surface area contributed by atoms with Crippen molar-refractivity contribution in [2.75, 3.05) is 0 Å². The topological polar surface area (TPSA) is 36.8 Å². The lowest BCUT2D eigenvalue weighted by Gasteiger charge is -2.03. The van der Waals surface area contributed by atoms with Crippen LogP contribution in [0.2, 0.25) is 0 Å². The molecular weight excluding hydrogens is 149 g/mol. The van der Waals surface area contributed by atoms with Crippen molar-refractivity contribution in [3.8, 4) is 0 Å². The molecule has 1 rings (SSSR count). The summed E-state index contributed by atoms with van der Waals surface area (Å²) < 4.78 is 0. The maximum Gasteiger partial charge on any atom is 0.167 e. The number of halogens is 2. The summed E-state index contributed by atoms with van der Waals surface area (Å²) in [6, 6.07) is 0. The molecule has 0 radical (unpaired) electrons. The molecule has 3 nitrogen and oxygen atoms in total. The van der Waals surface area contributed by atoms with E-state index in [2.05, 4.69) is 15.8 Å². The summed E-state index contributed by atoms with van der Waals surface area (Å²) in [6.45, 7) is 0. The second kappa shape index (κ2) is 2.33. The molecule has 0 aromatic rings. The van der Waals surface area contributed by atoms with Gasteiger partial charge in [-0.2, -0.15) is 0 Å². The third-order valence-corrected chi connectivity index (χ3v) is 1.03. The largest absolute Gasteiger partial charge is 0.249 e. The lowest BCUT2D eigenvalue weighted by atomic mass is 10.6. The zero-order valence-electron chi connectivity index (χ0n) is 3.81. The Kier molecular flexibility index (Phi) is 1.70. The van der Waals surface area contributed by atoms with Crippen molar-refractivity contribution >= 4 is 23.2 Å². The number of rotatable bonds is 0. The van der Waals surface area contributed by atoms with Crippen LogP contribution in [0.3, 0.4) is 0 Å². The van der Waals surface area contributed by atoms with E-state index >= 15 is 0 Å². The Labute approximate surface area is 56.3 Å². The van der Waals surface area contributed by atoms with E-state index in [0.717, 1.165) is 0 Å². The fourth-order valence-corrected chi connectivity index (χ4v) is 0.714. The molecule has 0 spiro atoms. The van der Waals surface area contributed by atoms with Crippen LogP contribution in [0.5, 0.6) is 0 Å². The molecule has 0 saturated heterocycles. The molecule has 5 heteroatoms. The van der Waals surface area contributed by atoms with Crippen molar-refractivity contribution in [3.05, 3.63) is 11.2 Å². The van der Waals surface area contributed by atoms with Gasteiger partial charge in [0.2, 0.25) is 0 Å². The van der Waals surface area contributed by atoms with Crippen molar-refractivity contribution in [3.63, 3.8) is 0 Å². The second-order valence-electron chi connectivity index (χ2n) is 1.21. The number of alkyl halides is 1. The smallest absolute Gasteiger partial charge is 0.167 e. The van der Waals surface area contributed by atoms with Gasteiger partial charge in [0.05, 0.1) is 0 Å². The standard InChI is InChI=1S/C3H3Cl2N3/c4-2-1-3(5)7-8-6-2/h1-2H,(H,6,7). The van der Waals surface area contributed by atoms with E-state index < -0.39 is 5.50 Å². The van der Waals surface area contributed by atoms with Crippen LogP contribution in [0.4, 0.5) is 0 Å². The van der Waals surface area contributed by atoms with Gasteiger partial charge in [-0.15, -0.1) is 5.11 Å². The predicted molar refractivity (Wildman–Crippen MR) is 31.6 cm³/mol. The van der Waals surface area contributed by atoms with Crippen LogP contribution in [-0.4, -0.2) is 5.50 Å². The van der Waals surface area contributed by atoms with Crippen LogP contribution in [-0.2, 0) is 0 Å². The van der Waals surface area contributed by atoms with Crippen molar-refractivity contribution in [1.82, 2.24) is 5.43 Å². The average molecular weight is 152 g/mol. The molecule has 0 aromatic carbocycles. The maximum atomic E-state index is 5.45. The van der Waals surface area contributed by atoms with Gasteiger partial charge in [-0.1, -0.05) is 28.4 Å². The first-order valence-electron chi connectivity index (χ1n) is 1.96. The lowest BCUT2D eigenvalue weighted by Crippen LogP contribution is -2.06. The van der Waals surface area contributed by atoms with E-state index in [0.29, 0.717) is 5.16 Å². The maximum absolute atomic E-state index is 5.45. The minimum Gasteiger partial charge on any atom is -0.249 e. The molecule has 1 unspecified atom stereocenters. The molecular formula is C3H3Cl2N3. The van der Waals surface area contributed by atoms with Crippen LogP contribution >= 0.6 is 23.2 Å². The van der Waals surface area contributed by atoms with E-state index in [-0.39, 0.29) is 0 Å². The highest BCUT2D eigenvalue weighted by Gasteiger charge is 2.02. The molecule has 1 N–H and O–H groups in total. The Morgan fingerprint density at radius 2 is 2.50 bits per heavy atom. The van der Waals surface area contributed by atoms with E-state index in [1.165, 1.54) is 0 Å². The van der Waals surface area contributed by atoms with Crippen LogP contribution in [0.25, 0.3) is 0 Å². The van der Waals surface area contributed by atoms with Crippen molar-refractivity contribution in [1.29, 1.82) is 0 Å². The van der Waals surface area contributed by atoms with Crippen molar-refractivity contribution in [2.24, 2.45) is 10.3 Å². The zero-order chi connectivity index (χ0) is 5.98. The van der Waals surface area contributed by atoms with Crippen LogP contribution < -0.4 is 5.43 Å². The van der Waals surface area contributed by atoms with Gasteiger partial charge in [-0.3, -0.25) is 0 Å². The Morgan fingerprint density at radius 3 is 2.88 bits per heavy atom. The molecule has 1 aliphatic rings. The fourth-order valence-electron chi connectivity index (χ4n) is 0.323. The van der Waals surface area contributed by atoms with E-state index in [1.807, 2.05) is 0 Å². The normalized spacial score (nSPS) is 26.8. The summed E-state index contributed by atoms with van der Waals surface area (Å²) in [4.78, 5) is 0. The first-order chi connectivity index (χ1) is 3.79. The third kappa shape index (κ3) is 1.35. The van der Waals surface area contributed by atoms with E-state index in [9.17, 15) is 0 Å². The van der Waals surface area contributed by atoms with Crippen molar-refractivity contribution < 1.29 is 0 Å². The summed E-state index contributed by atoms with van der Waals surface area (Å²) in [5, 5.41) is 7.30. The number of nitrogens with one attached hydrogen (secondary N) is 1. The van der Waals surface area contributed by atoms with Gasteiger partial charge in [0.15, 0.2) is 5.50 Å². The molecule has 0 aromatic heterocycles. The molecule has 0 fully saturated rings. The molecule has 1 aliphatic heterocycles. The van der Waals surface area contributed by atoms with Gasteiger partial charge < -0.3 is 0 Å². The van der Waals surface area contributed by atoms with Gasteiger partial charge in [0.25, 0.3) is 0 Å². The highest BCUT2D eigenvalue weighted by molar-refractivity contribution is 6.30. The molecule has 44 valence electrons. The van der Waals surface area contributed by atoms with Gasteiger partial charge in [-0.25, -0.2) is 5.43 Å². The second-order valence-corrected chi connectivity index (χ2v) is 2.07. The number of hydrogen-bond acceptors (Lipinski definition) is 3. The summed E-state index contributed by atoms with van der Waals surface area (Å²) in [5.74, 6) is 0. The van der Waals surface area contributed by atoms with Gasteiger partial charge >= 0.3 is 0 Å². The zero-order valence-corrected chi connectivity index (χ0v) is 5.32. The summed E-state index contributed by atoms with van der Waals surface area (Å²) in [5.41, 5.74) is 2.00. The first-order valence-corrected chi connectivity index (χ1v) is 2.78. The fraction of sp³-hybridized carbons (Fsp3) is 0.333. The molecule has 0 bridgehead atoms. The molecule has 0 aliphatic carbocycles. The Morgan fingerprint density at radius 1 is 1.75 bits per heavy atom. The summed E-state index contributed by atoms with van der Waals surface area (Å²) >= 11 is 10.9. The summed E-state index contributed by atoms with van der Waals surface area (Å²) in [7, 11) is 0. The number of nitrogens with zero attached hydrogens (tertiary/aromatic N) is 2. The molecule has 0 saturated carbocycles. The Bertz CT molecular complexity index is 141. The highest BCUT2D eigenvalue weighted by Crippen LogP contribution is 2.09. The monoisotopic (exact) mass is 151 g/mol. The third-order valence-electron chi connectivity index (χ3n) is 0.609. The SMILES string of the molecule is ClC1=CC(Cl)N=NN1. The van der Waals surface area contributed by atoms with Crippen LogP contribution in [0.15, 0.2) is 21.6 Å². The highest BCUT2D eigenvalue weighted by atomic mass is 35.5. The average Bonchev–Trinajstić information content (AvgIpc) is 1.64. The predicted octanol–water partition coefficient (Wildman–Crippen LogP) is 1.60. The van der Waals surface area contributed by atoms with Gasteiger partial charge in [-0.05, 0) is 6.08 Å². The molecule has 1 atom stereocenters. The Hall–Kier alpha value is -0.280.